The maximum Gasteiger partial charge on any atom is 0.276 e. The Morgan fingerprint density at radius 3 is 1.78 bits per heavy atom. The SMILES string of the molecule is CCCCCCCCC1CCC(C2CCC(c3cc(F)c(C(C)(F)F)c(F)c3)CC2)CC1. The molecule has 0 aliphatic heterocycles. The first-order valence-electron chi connectivity index (χ1n) is 13.2. The minimum atomic E-state index is -3.50. The van der Waals surface area contributed by atoms with Gasteiger partial charge >= 0.3 is 0 Å². The van der Waals surface area contributed by atoms with Gasteiger partial charge < -0.3 is 0 Å². The first-order valence-corrected chi connectivity index (χ1v) is 13.2. The standard InChI is InChI=1S/C28H42F4/c1-3-4-5-6-7-8-9-20-10-12-21(13-11-20)22-14-16-23(17-15-22)24-18-25(29)27(26(30)19-24)28(2,31)32/h18-23H,3-17H2,1-2H3. The molecule has 0 nitrogen and oxygen atoms in total. The van der Waals surface area contributed by atoms with Crippen molar-refractivity contribution < 1.29 is 17.6 Å². The summed E-state index contributed by atoms with van der Waals surface area (Å²) in [7, 11) is 0. The van der Waals surface area contributed by atoms with E-state index in [1.165, 1.54) is 70.6 Å². The van der Waals surface area contributed by atoms with Crippen molar-refractivity contribution in [2.24, 2.45) is 17.8 Å². The number of benzene rings is 1. The summed E-state index contributed by atoms with van der Waals surface area (Å²) in [4.78, 5) is 0. The highest BCUT2D eigenvalue weighted by atomic mass is 19.3. The molecule has 0 saturated heterocycles. The summed E-state index contributed by atoms with van der Waals surface area (Å²) in [5.41, 5.74) is -0.554. The molecule has 3 rings (SSSR count). The molecule has 0 heterocycles. The van der Waals surface area contributed by atoms with Crippen molar-refractivity contribution in [2.45, 2.75) is 122 Å². The van der Waals surface area contributed by atoms with Crippen LogP contribution in [0.25, 0.3) is 0 Å². The predicted molar refractivity (Wildman–Crippen MR) is 124 cm³/mol. The van der Waals surface area contributed by atoms with E-state index in [0.29, 0.717) is 12.5 Å². The Morgan fingerprint density at radius 2 is 1.25 bits per heavy atom. The van der Waals surface area contributed by atoms with Crippen LogP contribution in [0.1, 0.15) is 127 Å². The van der Waals surface area contributed by atoms with Crippen LogP contribution in [0.2, 0.25) is 0 Å². The van der Waals surface area contributed by atoms with Crippen LogP contribution < -0.4 is 0 Å². The van der Waals surface area contributed by atoms with Gasteiger partial charge in [0.1, 0.15) is 11.6 Å². The number of rotatable bonds is 10. The molecule has 0 amide bonds. The molecule has 0 N–H and O–H groups in total. The fourth-order valence-corrected chi connectivity index (χ4v) is 6.33. The van der Waals surface area contributed by atoms with Gasteiger partial charge in [-0.25, -0.2) is 17.6 Å². The van der Waals surface area contributed by atoms with Crippen LogP contribution >= 0.6 is 0 Å². The summed E-state index contributed by atoms with van der Waals surface area (Å²) < 4.78 is 55.4. The Kier molecular flexibility index (Phi) is 9.49. The molecule has 0 atom stereocenters. The van der Waals surface area contributed by atoms with Crippen LogP contribution in [-0.2, 0) is 5.92 Å². The van der Waals surface area contributed by atoms with E-state index in [2.05, 4.69) is 6.92 Å². The van der Waals surface area contributed by atoms with Crippen molar-refractivity contribution in [3.8, 4) is 0 Å². The second-order valence-electron chi connectivity index (χ2n) is 10.7. The smallest absolute Gasteiger partial charge is 0.206 e. The lowest BCUT2D eigenvalue weighted by Gasteiger charge is -2.38. The lowest BCUT2D eigenvalue weighted by atomic mass is 9.68. The van der Waals surface area contributed by atoms with Crippen LogP contribution in [0, 0.1) is 29.4 Å². The maximum atomic E-state index is 14.2. The minimum absolute atomic E-state index is 0.0822. The van der Waals surface area contributed by atoms with Crippen LogP contribution in [0.15, 0.2) is 12.1 Å². The zero-order valence-electron chi connectivity index (χ0n) is 20.1. The quantitative estimate of drug-likeness (QED) is 0.244. The summed E-state index contributed by atoms with van der Waals surface area (Å²) >= 11 is 0. The van der Waals surface area contributed by atoms with Crippen LogP contribution in [0.3, 0.4) is 0 Å². The third kappa shape index (κ3) is 6.97. The number of hydrogen-bond donors (Lipinski definition) is 0. The number of alkyl halides is 2. The molecule has 0 spiro atoms. The van der Waals surface area contributed by atoms with Crippen molar-refractivity contribution in [3.05, 3.63) is 34.9 Å². The van der Waals surface area contributed by atoms with Gasteiger partial charge in [-0.15, -0.1) is 0 Å². The van der Waals surface area contributed by atoms with E-state index < -0.39 is 23.1 Å². The molecule has 0 bridgehead atoms. The highest BCUT2D eigenvalue weighted by molar-refractivity contribution is 5.31. The number of hydrogen-bond acceptors (Lipinski definition) is 0. The second kappa shape index (κ2) is 11.9. The summed E-state index contributed by atoms with van der Waals surface area (Å²) in [6, 6.07) is 2.29. The molecular formula is C28H42F4. The van der Waals surface area contributed by atoms with E-state index in [0.717, 1.165) is 55.6 Å². The summed E-state index contributed by atoms with van der Waals surface area (Å²) in [5, 5.41) is 0. The molecule has 2 aliphatic carbocycles. The molecule has 1 aromatic rings. The molecule has 182 valence electrons. The normalized spacial score (nSPS) is 26.9. The van der Waals surface area contributed by atoms with Crippen molar-refractivity contribution in [1.29, 1.82) is 0 Å². The Balaban J connectivity index is 1.41. The fourth-order valence-electron chi connectivity index (χ4n) is 6.33. The molecule has 1 aromatic carbocycles. The van der Waals surface area contributed by atoms with Gasteiger partial charge in [-0.2, -0.15) is 0 Å². The Labute approximate surface area is 192 Å². The Morgan fingerprint density at radius 1 is 0.750 bits per heavy atom. The third-order valence-electron chi connectivity index (χ3n) is 8.27. The molecule has 0 unspecified atom stereocenters. The first-order chi connectivity index (χ1) is 15.3. The van der Waals surface area contributed by atoms with Crippen molar-refractivity contribution in [3.63, 3.8) is 0 Å². The summed E-state index contributed by atoms with van der Waals surface area (Å²) in [6.45, 7) is 2.81. The molecule has 0 radical (unpaired) electrons. The van der Waals surface area contributed by atoms with Crippen LogP contribution in [0.4, 0.5) is 17.6 Å². The van der Waals surface area contributed by atoms with Gasteiger partial charge in [0, 0.05) is 6.92 Å². The van der Waals surface area contributed by atoms with Crippen molar-refractivity contribution in [2.75, 3.05) is 0 Å². The molecular weight excluding hydrogens is 412 g/mol. The second-order valence-corrected chi connectivity index (χ2v) is 10.7. The van der Waals surface area contributed by atoms with Gasteiger partial charge in [-0.1, -0.05) is 64.7 Å². The average molecular weight is 455 g/mol. The maximum absolute atomic E-state index is 14.2. The zero-order chi connectivity index (χ0) is 23.1. The topological polar surface area (TPSA) is 0 Å². The van der Waals surface area contributed by atoms with Gasteiger partial charge in [0.15, 0.2) is 0 Å². The first kappa shape index (κ1) is 25.6. The Hall–Kier alpha value is -1.06. The monoisotopic (exact) mass is 454 g/mol. The van der Waals surface area contributed by atoms with E-state index in [1.54, 1.807) is 0 Å². The molecule has 32 heavy (non-hydrogen) atoms. The third-order valence-corrected chi connectivity index (χ3v) is 8.27. The highest BCUT2D eigenvalue weighted by Gasteiger charge is 2.35. The molecule has 0 aromatic heterocycles. The van der Waals surface area contributed by atoms with E-state index in [9.17, 15) is 17.6 Å². The highest BCUT2D eigenvalue weighted by Crippen LogP contribution is 2.45. The minimum Gasteiger partial charge on any atom is -0.206 e. The number of halogens is 4. The van der Waals surface area contributed by atoms with Crippen molar-refractivity contribution in [1.82, 2.24) is 0 Å². The lowest BCUT2D eigenvalue weighted by molar-refractivity contribution is 0.00977. The van der Waals surface area contributed by atoms with E-state index in [1.807, 2.05) is 0 Å². The van der Waals surface area contributed by atoms with Gasteiger partial charge in [0.05, 0.1) is 5.56 Å². The van der Waals surface area contributed by atoms with E-state index in [4.69, 9.17) is 0 Å². The largest absolute Gasteiger partial charge is 0.276 e. The van der Waals surface area contributed by atoms with Crippen LogP contribution in [0.5, 0.6) is 0 Å². The molecule has 4 heteroatoms. The fraction of sp³-hybridized carbons (Fsp3) is 0.786. The summed E-state index contributed by atoms with van der Waals surface area (Å²) in [6.07, 6.45) is 19.0. The summed E-state index contributed by atoms with van der Waals surface area (Å²) in [5.74, 6) is -3.22. The van der Waals surface area contributed by atoms with Gasteiger partial charge in [-0.3, -0.25) is 0 Å². The van der Waals surface area contributed by atoms with Gasteiger partial charge in [-0.05, 0) is 79.9 Å². The van der Waals surface area contributed by atoms with Crippen LogP contribution in [-0.4, -0.2) is 0 Å². The lowest BCUT2D eigenvalue weighted by Crippen LogP contribution is -2.25. The molecule has 2 aliphatic rings. The molecule has 2 saturated carbocycles. The predicted octanol–water partition coefficient (Wildman–Crippen LogP) is 9.91. The van der Waals surface area contributed by atoms with Crippen molar-refractivity contribution >= 4 is 0 Å². The molecule has 2 fully saturated rings. The Bertz CT molecular complexity index is 669. The zero-order valence-corrected chi connectivity index (χ0v) is 20.1. The van der Waals surface area contributed by atoms with Gasteiger partial charge in [0.25, 0.3) is 5.92 Å². The average Bonchev–Trinajstić information content (AvgIpc) is 2.75. The van der Waals surface area contributed by atoms with E-state index >= 15 is 0 Å². The van der Waals surface area contributed by atoms with E-state index in [-0.39, 0.29) is 5.92 Å². The van der Waals surface area contributed by atoms with Gasteiger partial charge in [0.2, 0.25) is 0 Å². The number of unbranched alkanes of at least 4 members (excludes halogenated alkanes) is 5.